The molecule has 0 saturated heterocycles. The SMILES string of the molecule is CCCCCCCCc1c(C)ncn(CCCC)c1=O. The van der Waals surface area contributed by atoms with Crippen LogP contribution in [0.25, 0.3) is 0 Å². The lowest BCUT2D eigenvalue weighted by Crippen LogP contribution is -2.25. The molecule has 114 valence electrons. The smallest absolute Gasteiger partial charge is 0.256 e. The lowest BCUT2D eigenvalue weighted by Gasteiger charge is -2.09. The minimum absolute atomic E-state index is 0.180. The molecule has 0 saturated carbocycles. The number of nitrogens with zero attached hydrogens (tertiary/aromatic N) is 2. The van der Waals surface area contributed by atoms with E-state index in [1.165, 1.54) is 32.1 Å². The molecule has 0 amide bonds. The Hall–Kier alpha value is -1.12. The van der Waals surface area contributed by atoms with Crippen molar-refractivity contribution in [3.8, 4) is 0 Å². The molecule has 0 aliphatic carbocycles. The van der Waals surface area contributed by atoms with Gasteiger partial charge in [-0.1, -0.05) is 52.4 Å². The summed E-state index contributed by atoms with van der Waals surface area (Å²) >= 11 is 0. The summed E-state index contributed by atoms with van der Waals surface area (Å²) in [5, 5.41) is 0. The van der Waals surface area contributed by atoms with Crippen molar-refractivity contribution >= 4 is 0 Å². The van der Waals surface area contributed by atoms with Gasteiger partial charge < -0.3 is 0 Å². The fourth-order valence-electron chi connectivity index (χ4n) is 2.47. The van der Waals surface area contributed by atoms with E-state index in [1.807, 2.05) is 6.92 Å². The Kier molecular flexibility index (Phi) is 8.24. The number of rotatable bonds is 10. The van der Waals surface area contributed by atoms with Crippen molar-refractivity contribution in [1.29, 1.82) is 0 Å². The zero-order valence-corrected chi connectivity index (χ0v) is 13.5. The van der Waals surface area contributed by atoms with Crippen LogP contribution >= 0.6 is 0 Å². The Labute approximate surface area is 123 Å². The highest BCUT2D eigenvalue weighted by Gasteiger charge is 2.08. The van der Waals surface area contributed by atoms with Gasteiger partial charge in [0.2, 0.25) is 0 Å². The first kappa shape index (κ1) is 16.9. The maximum Gasteiger partial charge on any atom is 0.256 e. The number of aryl methyl sites for hydroxylation is 2. The van der Waals surface area contributed by atoms with Gasteiger partial charge in [0.1, 0.15) is 0 Å². The standard InChI is InChI=1S/C17H30N2O/c1-4-6-8-9-10-11-12-16-15(3)18-14-19(17(16)20)13-7-5-2/h14H,4-13H2,1-3H3. The van der Waals surface area contributed by atoms with Crippen LogP contribution in [0.4, 0.5) is 0 Å². The van der Waals surface area contributed by atoms with Crippen LogP contribution in [-0.2, 0) is 13.0 Å². The molecule has 20 heavy (non-hydrogen) atoms. The van der Waals surface area contributed by atoms with Crippen molar-refractivity contribution in [3.63, 3.8) is 0 Å². The summed E-state index contributed by atoms with van der Waals surface area (Å²) < 4.78 is 1.78. The van der Waals surface area contributed by atoms with E-state index in [2.05, 4.69) is 18.8 Å². The van der Waals surface area contributed by atoms with E-state index >= 15 is 0 Å². The molecular formula is C17H30N2O. The van der Waals surface area contributed by atoms with Crippen molar-refractivity contribution in [3.05, 3.63) is 27.9 Å². The molecule has 0 spiro atoms. The minimum atomic E-state index is 0.180. The first-order chi connectivity index (χ1) is 9.70. The van der Waals surface area contributed by atoms with E-state index in [0.29, 0.717) is 0 Å². The van der Waals surface area contributed by atoms with Crippen LogP contribution < -0.4 is 5.56 Å². The van der Waals surface area contributed by atoms with Gasteiger partial charge in [-0.15, -0.1) is 0 Å². The molecule has 0 fully saturated rings. The molecule has 1 aromatic rings. The van der Waals surface area contributed by atoms with E-state index in [-0.39, 0.29) is 5.56 Å². The van der Waals surface area contributed by atoms with Crippen LogP contribution in [0.5, 0.6) is 0 Å². The third kappa shape index (κ3) is 5.48. The third-order valence-corrected chi connectivity index (χ3v) is 3.88. The molecule has 0 bridgehead atoms. The second kappa shape index (κ2) is 9.73. The number of hydrogen-bond donors (Lipinski definition) is 0. The fourth-order valence-corrected chi connectivity index (χ4v) is 2.47. The highest BCUT2D eigenvalue weighted by atomic mass is 16.1. The lowest BCUT2D eigenvalue weighted by molar-refractivity contribution is 0.580. The molecule has 1 rings (SSSR count). The van der Waals surface area contributed by atoms with Crippen LogP contribution in [0.3, 0.4) is 0 Å². The number of unbranched alkanes of at least 4 members (excludes halogenated alkanes) is 6. The van der Waals surface area contributed by atoms with Gasteiger partial charge in [0.15, 0.2) is 0 Å². The van der Waals surface area contributed by atoms with Gasteiger partial charge in [-0.3, -0.25) is 9.36 Å². The topological polar surface area (TPSA) is 34.9 Å². The quantitative estimate of drug-likeness (QED) is 0.599. The molecule has 1 heterocycles. The maximum absolute atomic E-state index is 12.4. The van der Waals surface area contributed by atoms with Crippen LogP contribution in [0, 0.1) is 6.92 Å². The fraction of sp³-hybridized carbons (Fsp3) is 0.765. The summed E-state index contributed by atoms with van der Waals surface area (Å²) in [5.41, 5.74) is 2.02. The number of hydrogen-bond acceptors (Lipinski definition) is 2. The Bertz CT molecular complexity index is 437. The Morgan fingerprint density at radius 2 is 1.65 bits per heavy atom. The Balaban J connectivity index is 2.53. The molecule has 0 aliphatic rings. The first-order valence-corrected chi connectivity index (χ1v) is 8.25. The van der Waals surface area contributed by atoms with E-state index in [9.17, 15) is 4.79 Å². The van der Waals surface area contributed by atoms with Crippen molar-refractivity contribution in [2.24, 2.45) is 0 Å². The Morgan fingerprint density at radius 3 is 2.35 bits per heavy atom. The molecular weight excluding hydrogens is 248 g/mol. The predicted octanol–water partition coefficient (Wildman–Crippen LogP) is 4.25. The monoisotopic (exact) mass is 278 g/mol. The van der Waals surface area contributed by atoms with E-state index in [0.717, 1.165) is 43.5 Å². The molecule has 0 unspecified atom stereocenters. The molecule has 0 aromatic carbocycles. The van der Waals surface area contributed by atoms with Crippen LogP contribution in [0.2, 0.25) is 0 Å². The van der Waals surface area contributed by atoms with E-state index in [1.54, 1.807) is 10.9 Å². The molecule has 3 heteroatoms. The molecule has 3 nitrogen and oxygen atoms in total. The van der Waals surface area contributed by atoms with Gasteiger partial charge in [0, 0.05) is 17.8 Å². The zero-order chi connectivity index (χ0) is 14.8. The summed E-state index contributed by atoms with van der Waals surface area (Å²) in [7, 11) is 0. The summed E-state index contributed by atoms with van der Waals surface area (Å²) in [6.45, 7) is 7.13. The summed E-state index contributed by atoms with van der Waals surface area (Å²) in [6.07, 6.45) is 12.3. The van der Waals surface area contributed by atoms with Crippen molar-refractivity contribution < 1.29 is 0 Å². The number of aromatic nitrogens is 2. The van der Waals surface area contributed by atoms with Crippen LogP contribution in [0.1, 0.15) is 76.5 Å². The molecule has 0 radical (unpaired) electrons. The van der Waals surface area contributed by atoms with Gasteiger partial charge >= 0.3 is 0 Å². The zero-order valence-electron chi connectivity index (χ0n) is 13.5. The average molecular weight is 278 g/mol. The highest BCUT2D eigenvalue weighted by molar-refractivity contribution is 5.15. The molecule has 0 N–H and O–H groups in total. The first-order valence-electron chi connectivity index (χ1n) is 8.25. The molecule has 0 aliphatic heterocycles. The van der Waals surface area contributed by atoms with Crippen molar-refractivity contribution in [2.75, 3.05) is 0 Å². The van der Waals surface area contributed by atoms with Gasteiger partial charge in [0.25, 0.3) is 5.56 Å². The minimum Gasteiger partial charge on any atom is -0.299 e. The van der Waals surface area contributed by atoms with E-state index in [4.69, 9.17) is 0 Å². The lowest BCUT2D eigenvalue weighted by atomic mass is 10.0. The largest absolute Gasteiger partial charge is 0.299 e. The second-order valence-corrected chi connectivity index (χ2v) is 5.68. The average Bonchev–Trinajstić information content (AvgIpc) is 2.45. The predicted molar refractivity (Wildman–Crippen MR) is 85.2 cm³/mol. The Morgan fingerprint density at radius 1 is 1.00 bits per heavy atom. The van der Waals surface area contributed by atoms with Crippen LogP contribution in [0.15, 0.2) is 11.1 Å². The van der Waals surface area contributed by atoms with Gasteiger partial charge in [0.05, 0.1) is 6.33 Å². The summed E-state index contributed by atoms with van der Waals surface area (Å²) in [4.78, 5) is 16.8. The van der Waals surface area contributed by atoms with Crippen molar-refractivity contribution in [2.45, 2.75) is 85.1 Å². The highest BCUT2D eigenvalue weighted by Crippen LogP contribution is 2.09. The molecule has 1 aromatic heterocycles. The summed E-state index contributed by atoms with van der Waals surface area (Å²) in [6, 6.07) is 0. The second-order valence-electron chi connectivity index (χ2n) is 5.68. The van der Waals surface area contributed by atoms with Crippen molar-refractivity contribution in [1.82, 2.24) is 9.55 Å². The molecule has 0 atom stereocenters. The maximum atomic E-state index is 12.4. The summed E-state index contributed by atoms with van der Waals surface area (Å²) in [5.74, 6) is 0. The third-order valence-electron chi connectivity index (χ3n) is 3.88. The van der Waals surface area contributed by atoms with Gasteiger partial charge in [-0.25, -0.2) is 4.98 Å². The van der Waals surface area contributed by atoms with E-state index < -0.39 is 0 Å². The van der Waals surface area contributed by atoms with Gasteiger partial charge in [-0.05, 0) is 26.2 Å². The van der Waals surface area contributed by atoms with Gasteiger partial charge in [-0.2, -0.15) is 0 Å². The normalized spacial score (nSPS) is 10.9. The van der Waals surface area contributed by atoms with Crippen LogP contribution in [-0.4, -0.2) is 9.55 Å².